The predicted molar refractivity (Wildman–Crippen MR) is 48.1 cm³/mol. The van der Waals surface area contributed by atoms with E-state index in [1.54, 1.807) is 0 Å². The minimum absolute atomic E-state index is 0.817. The summed E-state index contributed by atoms with van der Waals surface area (Å²) in [6.07, 6.45) is 9.78. The van der Waals surface area contributed by atoms with Gasteiger partial charge in [-0.15, -0.1) is 0 Å². The second-order valence-electron chi connectivity index (χ2n) is 3.24. The topological polar surface area (TPSA) is 0 Å². The first kappa shape index (κ1) is 9.74. The number of unbranched alkanes of at least 4 members (excludes halogenated alkanes) is 2. The minimum Gasteiger partial charge on any atom is -0.0885 e. The third-order valence-electron chi connectivity index (χ3n) is 1.50. The Labute approximate surface area is 65.3 Å². The van der Waals surface area contributed by atoms with Crippen molar-refractivity contribution in [3.8, 4) is 0 Å². The fourth-order valence-corrected chi connectivity index (χ4v) is 0.808. The van der Waals surface area contributed by atoms with Crippen LogP contribution in [0.3, 0.4) is 0 Å². The van der Waals surface area contributed by atoms with Crippen LogP contribution in [-0.4, -0.2) is 0 Å². The van der Waals surface area contributed by atoms with Crippen LogP contribution in [0.5, 0.6) is 0 Å². The number of hydrogen-bond acceptors (Lipinski definition) is 0. The molecule has 0 radical (unpaired) electrons. The Morgan fingerprint density at radius 1 is 1.20 bits per heavy atom. The molecule has 0 amide bonds. The van der Waals surface area contributed by atoms with E-state index in [0.29, 0.717) is 0 Å². The highest BCUT2D eigenvalue weighted by Gasteiger charge is 1.85. The van der Waals surface area contributed by atoms with Crippen LogP contribution in [-0.2, 0) is 0 Å². The maximum absolute atomic E-state index is 2.31. The molecular weight excluding hydrogens is 120 g/mol. The van der Waals surface area contributed by atoms with E-state index in [4.69, 9.17) is 0 Å². The summed E-state index contributed by atoms with van der Waals surface area (Å²) in [7, 11) is 0. The summed E-state index contributed by atoms with van der Waals surface area (Å²) in [6.45, 7) is 6.74. The molecule has 0 heterocycles. The van der Waals surface area contributed by atoms with E-state index in [9.17, 15) is 0 Å². The van der Waals surface area contributed by atoms with Crippen LogP contribution in [0.4, 0.5) is 0 Å². The molecule has 10 heavy (non-hydrogen) atoms. The third kappa shape index (κ3) is 7.74. The SMILES string of the molecule is CCCC/C=C\CC(C)C. The van der Waals surface area contributed by atoms with Crippen LogP contribution in [0.2, 0.25) is 0 Å². The zero-order chi connectivity index (χ0) is 7.82. The highest BCUT2D eigenvalue weighted by Crippen LogP contribution is 2.02. The summed E-state index contributed by atoms with van der Waals surface area (Å²) < 4.78 is 0. The molecule has 0 aromatic heterocycles. The molecule has 0 unspecified atom stereocenters. The molecule has 0 aliphatic rings. The van der Waals surface area contributed by atoms with Gasteiger partial charge in [-0.2, -0.15) is 0 Å². The third-order valence-corrected chi connectivity index (χ3v) is 1.50. The molecule has 0 aromatic rings. The van der Waals surface area contributed by atoms with Gasteiger partial charge in [-0.1, -0.05) is 45.8 Å². The van der Waals surface area contributed by atoms with Crippen molar-refractivity contribution in [3.63, 3.8) is 0 Å². The Balaban J connectivity index is 3.04. The van der Waals surface area contributed by atoms with Crippen molar-refractivity contribution in [3.05, 3.63) is 12.2 Å². The first-order chi connectivity index (χ1) is 4.77. The average molecular weight is 140 g/mol. The summed E-state index contributed by atoms with van der Waals surface area (Å²) in [5.74, 6) is 0.817. The van der Waals surface area contributed by atoms with E-state index in [1.165, 1.54) is 25.7 Å². The Kier molecular flexibility index (Phi) is 6.68. The molecule has 0 heteroatoms. The van der Waals surface area contributed by atoms with E-state index in [1.807, 2.05) is 0 Å². The molecule has 0 bridgehead atoms. The molecule has 0 atom stereocenters. The molecule has 0 spiro atoms. The van der Waals surface area contributed by atoms with Crippen molar-refractivity contribution < 1.29 is 0 Å². The monoisotopic (exact) mass is 140 g/mol. The quantitative estimate of drug-likeness (QED) is 0.402. The summed E-state index contributed by atoms with van der Waals surface area (Å²) in [6, 6.07) is 0. The van der Waals surface area contributed by atoms with Gasteiger partial charge in [0.2, 0.25) is 0 Å². The lowest BCUT2D eigenvalue weighted by atomic mass is 10.1. The van der Waals surface area contributed by atoms with Crippen molar-refractivity contribution in [2.75, 3.05) is 0 Å². The molecule has 0 fully saturated rings. The Bertz CT molecular complexity index is 80.0. The van der Waals surface area contributed by atoms with E-state index in [0.717, 1.165) is 5.92 Å². The van der Waals surface area contributed by atoms with Gasteiger partial charge < -0.3 is 0 Å². The first-order valence-electron chi connectivity index (χ1n) is 4.42. The fraction of sp³-hybridized carbons (Fsp3) is 0.800. The largest absolute Gasteiger partial charge is 0.0885 e. The van der Waals surface area contributed by atoms with Crippen LogP contribution >= 0.6 is 0 Å². The molecule has 0 nitrogen and oxygen atoms in total. The van der Waals surface area contributed by atoms with Crippen molar-refractivity contribution >= 4 is 0 Å². The van der Waals surface area contributed by atoms with Crippen molar-refractivity contribution in [1.29, 1.82) is 0 Å². The van der Waals surface area contributed by atoms with E-state index < -0.39 is 0 Å². The Morgan fingerprint density at radius 3 is 2.40 bits per heavy atom. The molecule has 0 saturated carbocycles. The zero-order valence-electron chi connectivity index (χ0n) is 7.56. The Hall–Kier alpha value is -0.260. The highest BCUT2D eigenvalue weighted by molar-refractivity contribution is 4.81. The van der Waals surface area contributed by atoms with Crippen LogP contribution in [0, 0.1) is 5.92 Å². The molecule has 0 N–H and O–H groups in total. The van der Waals surface area contributed by atoms with E-state index in [-0.39, 0.29) is 0 Å². The van der Waals surface area contributed by atoms with Gasteiger partial charge in [0.1, 0.15) is 0 Å². The van der Waals surface area contributed by atoms with Gasteiger partial charge in [-0.25, -0.2) is 0 Å². The van der Waals surface area contributed by atoms with Crippen LogP contribution in [0.15, 0.2) is 12.2 Å². The fourth-order valence-electron chi connectivity index (χ4n) is 0.808. The summed E-state index contributed by atoms with van der Waals surface area (Å²) in [4.78, 5) is 0. The van der Waals surface area contributed by atoms with Crippen LogP contribution < -0.4 is 0 Å². The molecule has 0 aliphatic carbocycles. The first-order valence-corrected chi connectivity index (χ1v) is 4.42. The van der Waals surface area contributed by atoms with E-state index >= 15 is 0 Å². The second kappa shape index (κ2) is 6.85. The molecular formula is C10H20. The molecule has 0 rings (SSSR count). The zero-order valence-corrected chi connectivity index (χ0v) is 7.56. The van der Waals surface area contributed by atoms with E-state index in [2.05, 4.69) is 32.9 Å². The summed E-state index contributed by atoms with van der Waals surface area (Å²) >= 11 is 0. The van der Waals surface area contributed by atoms with Crippen molar-refractivity contribution in [2.24, 2.45) is 5.92 Å². The normalized spacial score (nSPS) is 11.6. The average Bonchev–Trinajstić information content (AvgIpc) is 1.87. The minimum atomic E-state index is 0.817. The number of hydrogen-bond donors (Lipinski definition) is 0. The highest BCUT2D eigenvalue weighted by atomic mass is 13.9. The van der Waals surface area contributed by atoms with Gasteiger partial charge in [0, 0.05) is 0 Å². The van der Waals surface area contributed by atoms with Gasteiger partial charge in [0.25, 0.3) is 0 Å². The molecule has 0 saturated heterocycles. The van der Waals surface area contributed by atoms with Crippen LogP contribution in [0.25, 0.3) is 0 Å². The maximum atomic E-state index is 2.31. The van der Waals surface area contributed by atoms with Crippen molar-refractivity contribution in [2.45, 2.75) is 46.5 Å². The summed E-state index contributed by atoms with van der Waals surface area (Å²) in [5, 5.41) is 0. The van der Waals surface area contributed by atoms with Crippen molar-refractivity contribution in [1.82, 2.24) is 0 Å². The molecule has 0 aromatic carbocycles. The lowest BCUT2D eigenvalue weighted by Gasteiger charge is -1.95. The lowest BCUT2D eigenvalue weighted by molar-refractivity contribution is 0.661. The van der Waals surface area contributed by atoms with Gasteiger partial charge >= 0.3 is 0 Å². The second-order valence-corrected chi connectivity index (χ2v) is 3.24. The summed E-state index contributed by atoms with van der Waals surface area (Å²) in [5.41, 5.74) is 0. The Morgan fingerprint density at radius 2 is 1.90 bits per heavy atom. The van der Waals surface area contributed by atoms with Gasteiger partial charge in [0.15, 0.2) is 0 Å². The number of allylic oxidation sites excluding steroid dienone is 2. The molecule has 0 aliphatic heterocycles. The molecule has 60 valence electrons. The number of rotatable bonds is 5. The predicted octanol–water partition coefficient (Wildman–Crippen LogP) is 3.78. The standard InChI is InChI=1S/C10H20/c1-4-5-6-7-8-9-10(2)3/h7-8,10H,4-6,9H2,1-3H3/b8-7-. The maximum Gasteiger partial charge on any atom is -0.0327 e. The van der Waals surface area contributed by atoms with Gasteiger partial charge in [-0.3, -0.25) is 0 Å². The smallest absolute Gasteiger partial charge is 0.0327 e. The lowest BCUT2D eigenvalue weighted by Crippen LogP contribution is -1.80. The van der Waals surface area contributed by atoms with Gasteiger partial charge in [0.05, 0.1) is 0 Å². The van der Waals surface area contributed by atoms with Crippen LogP contribution in [0.1, 0.15) is 46.5 Å². The van der Waals surface area contributed by atoms with Gasteiger partial charge in [-0.05, 0) is 18.8 Å².